The maximum Gasteiger partial charge on any atom is 0.243 e. The molecule has 0 saturated carbocycles. The number of rotatable bonds is 8. The maximum atomic E-state index is 12.5. The molecular formula is C19H26Cl2N2O2S. The van der Waals surface area contributed by atoms with E-state index in [1.54, 1.807) is 12.1 Å². The van der Waals surface area contributed by atoms with E-state index in [2.05, 4.69) is 12.2 Å². The minimum atomic E-state index is -3.41. The number of hydrogen-bond donors (Lipinski definition) is 1. The molecule has 0 aliphatic carbocycles. The Morgan fingerprint density at radius 2 is 1.69 bits per heavy atom. The van der Waals surface area contributed by atoms with E-state index in [0.29, 0.717) is 24.5 Å². The van der Waals surface area contributed by atoms with Crippen LogP contribution >= 0.6 is 24.0 Å². The second-order valence-electron chi connectivity index (χ2n) is 5.89. The number of nitrogens with zero attached hydrogens (tertiary/aromatic N) is 1. The van der Waals surface area contributed by atoms with Gasteiger partial charge in [-0.1, -0.05) is 49.7 Å². The van der Waals surface area contributed by atoms with Gasteiger partial charge in [0.25, 0.3) is 0 Å². The van der Waals surface area contributed by atoms with Gasteiger partial charge in [-0.25, -0.2) is 8.42 Å². The van der Waals surface area contributed by atoms with Crippen molar-refractivity contribution < 1.29 is 8.42 Å². The van der Waals surface area contributed by atoms with E-state index in [0.717, 1.165) is 16.1 Å². The molecule has 0 saturated heterocycles. The Hall–Kier alpha value is -1.11. The molecule has 0 aliphatic heterocycles. The third kappa shape index (κ3) is 5.69. The highest BCUT2D eigenvalue weighted by atomic mass is 35.5. The van der Waals surface area contributed by atoms with Gasteiger partial charge in [-0.15, -0.1) is 12.4 Å². The van der Waals surface area contributed by atoms with Crippen molar-refractivity contribution in [1.29, 1.82) is 0 Å². The van der Waals surface area contributed by atoms with Crippen LogP contribution in [0.3, 0.4) is 0 Å². The summed E-state index contributed by atoms with van der Waals surface area (Å²) in [5.74, 6) is 0. The normalized spacial score (nSPS) is 12.7. The van der Waals surface area contributed by atoms with E-state index in [9.17, 15) is 8.42 Å². The van der Waals surface area contributed by atoms with Crippen molar-refractivity contribution in [2.45, 2.75) is 38.3 Å². The van der Waals surface area contributed by atoms with Crippen molar-refractivity contribution in [3.05, 3.63) is 64.7 Å². The number of sulfonamides is 1. The molecule has 2 rings (SSSR count). The lowest BCUT2D eigenvalue weighted by Crippen LogP contribution is -2.30. The summed E-state index contributed by atoms with van der Waals surface area (Å²) in [7, 11) is -3.41. The van der Waals surface area contributed by atoms with Crippen molar-refractivity contribution in [2.24, 2.45) is 0 Å². The average Bonchev–Trinajstić information content (AvgIpc) is 2.60. The monoisotopic (exact) mass is 416 g/mol. The fourth-order valence-electron chi connectivity index (χ4n) is 2.68. The summed E-state index contributed by atoms with van der Waals surface area (Å²) in [4.78, 5) is 0.335. The summed E-state index contributed by atoms with van der Waals surface area (Å²) in [6.07, 6.45) is 0. The van der Waals surface area contributed by atoms with Crippen LogP contribution in [0, 0.1) is 0 Å². The van der Waals surface area contributed by atoms with Crippen molar-refractivity contribution in [1.82, 2.24) is 9.62 Å². The van der Waals surface area contributed by atoms with Gasteiger partial charge in [0, 0.05) is 30.7 Å². The van der Waals surface area contributed by atoms with Crippen LogP contribution in [-0.4, -0.2) is 25.8 Å². The first-order valence-corrected chi connectivity index (χ1v) is 10.3. The zero-order valence-electron chi connectivity index (χ0n) is 15.3. The topological polar surface area (TPSA) is 49.4 Å². The summed E-state index contributed by atoms with van der Waals surface area (Å²) >= 11 is 6.00. The van der Waals surface area contributed by atoms with Gasteiger partial charge in [-0.2, -0.15) is 4.31 Å². The zero-order chi connectivity index (χ0) is 18.4. The SMILES string of the molecule is CCN(CC)S(=O)(=O)c1ccc(C(C)NCc2cccc(Cl)c2)cc1.Cl. The van der Waals surface area contributed by atoms with Gasteiger partial charge in [-0.3, -0.25) is 0 Å². The van der Waals surface area contributed by atoms with Gasteiger partial charge in [0.05, 0.1) is 4.90 Å². The lowest BCUT2D eigenvalue weighted by Gasteiger charge is -2.19. The summed E-state index contributed by atoms with van der Waals surface area (Å²) in [6.45, 7) is 7.38. The van der Waals surface area contributed by atoms with Crippen LogP contribution in [0.4, 0.5) is 0 Å². The molecule has 7 heteroatoms. The Morgan fingerprint density at radius 1 is 1.08 bits per heavy atom. The van der Waals surface area contributed by atoms with E-state index < -0.39 is 10.0 Å². The van der Waals surface area contributed by atoms with Crippen LogP contribution in [-0.2, 0) is 16.6 Å². The Bertz CT molecular complexity index is 791. The van der Waals surface area contributed by atoms with Gasteiger partial charge in [0.1, 0.15) is 0 Å². The van der Waals surface area contributed by atoms with Crippen molar-refractivity contribution in [3.8, 4) is 0 Å². The second-order valence-corrected chi connectivity index (χ2v) is 8.27. The first kappa shape index (κ1) is 22.9. The van der Waals surface area contributed by atoms with Gasteiger partial charge in [-0.05, 0) is 42.3 Å². The highest BCUT2D eigenvalue weighted by Crippen LogP contribution is 2.20. The summed E-state index contributed by atoms with van der Waals surface area (Å²) in [5, 5.41) is 4.15. The van der Waals surface area contributed by atoms with Crippen molar-refractivity contribution in [3.63, 3.8) is 0 Å². The number of benzene rings is 2. The number of halogens is 2. The average molecular weight is 417 g/mol. The van der Waals surface area contributed by atoms with E-state index in [1.165, 1.54) is 4.31 Å². The largest absolute Gasteiger partial charge is 0.306 e. The predicted octanol–water partition coefficient (Wildman–Crippen LogP) is 4.64. The smallest absolute Gasteiger partial charge is 0.243 e. The predicted molar refractivity (Wildman–Crippen MR) is 111 cm³/mol. The Kier molecular flexibility index (Phi) is 9.07. The van der Waals surface area contributed by atoms with Crippen LogP contribution in [0.15, 0.2) is 53.4 Å². The van der Waals surface area contributed by atoms with Crippen LogP contribution in [0.2, 0.25) is 5.02 Å². The minimum Gasteiger partial charge on any atom is -0.306 e. The molecule has 144 valence electrons. The van der Waals surface area contributed by atoms with Crippen LogP contribution in [0.5, 0.6) is 0 Å². The third-order valence-corrected chi connectivity index (χ3v) is 6.52. The van der Waals surface area contributed by atoms with E-state index in [4.69, 9.17) is 11.6 Å². The summed E-state index contributed by atoms with van der Waals surface area (Å²) in [6, 6.07) is 14.9. The number of hydrogen-bond acceptors (Lipinski definition) is 3. The molecule has 4 nitrogen and oxygen atoms in total. The molecule has 2 aromatic rings. The third-order valence-electron chi connectivity index (χ3n) is 4.22. The Balaban J connectivity index is 0.00000338. The molecule has 1 N–H and O–H groups in total. The van der Waals surface area contributed by atoms with E-state index in [-0.39, 0.29) is 18.4 Å². The first-order valence-electron chi connectivity index (χ1n) is 8.46. The minimum absolute atomic E-state index is 0. The van der Waals surface area contributed by atoms with Crippen LogP contribution < -0.4 is 5.32 Å². The highest BCUT2D eigenvalue weighted by molar-refractivity contribution is 7.89. The van der Waals surface area contributed by atoms with Crippen molar-refractivity contribution >= 4 is 34.0 Å². The standard InChI is InChI=1S/C19H25ClN2O2S.ClH/c1-4-22(5-2)25(23,24)19-11-9-17(10-12-19)15(3)21-14-16-7-6-8-18(20)13-16;/h6-13,15,21H,4-5,14H2,1-3H3;1H. The van der Waals surface area contributed by atoms with Gasteiger partial charge in [0.15, 0.2) is 0 Å². The molecule has 1 atom stereocenters. The fraction of sp³-hybridized carbons (Fsp3) is 0.368. The molecular weight excluding hydrogens is 391 g/mol. The first-order chi connectivity index (χ1) is 11.9. The molecule has 0 radical (unpaired) electrons. The molecule has 0 amide bonds. The second kappa shape index (κ2) is 10.3. The summed E-state index contributed by atoms with van der Waals surface area (Å²) in [5.41, 5.74) is 2.15. The Morgan fingerprint density at radius 3 is 2.23 bits per heavy atom. The van der Waals surface area contributed by atoms with Crippen LogP contribution in [0.25, 0.3) is 0 Å². The molecule has 26 heavy (non-hydrogen) atoms. The molecule has 1 unspecified atom stereocenters. The Labute approximate surface area is 168 Å². The molecule has 0 heterocycles. The molecule has 0 spiro atoms. The highest BCUT2D eigenvalue weighted by Gasteiger charge is 2.21. The van der Waals surface area contributed by atoms with Gasteiger partial charge in [0.2, 0.25) is 10.0 Å². The van der Waals surface area contributed by atoms with Gasteiger partial charge >= 0.3 is 0 Å². The molecule has 0 bridgehead atoms. The fourth-order valence-corrected chi connectivity index (χ4v) is 4.35. The summed E-state index contributed by atoms with van der Waals surface area (Å²) < 4.78 is 26.5. The van der Waals surface area contributed by atoms with E-state index >= 15 is 0 Å². The molecule has 0 fully saturated rings. The van der Waals surface area contributed by atoms with Gasteiger partial charge < -0.3 is 5.32 Å². The molecule has 0 aromatic heterocycles. The molecule has 0 aliphatic rings. The molecule has 2 aromatic carbocycles. The van der Waals surface area contributed by atoms with E-state index in [1.807, 2.05) is 50.2 Å². The van der Waals surface area contributed by atoms with Crippen LogP contribution in [0.1, 0.15) is 37.9 Å². The quantitative estimate of drug-likeness (QED) is 0.681. The lowest BCUT2D eigenvalue weighted by molar-refractivity contribution is 0.445. The zero-order valence-corrected chi connectivity index (χ0v) is 17.7. The maximum absolute atomic E-state index is 12.5. The van der Waals surface area contributed by atoms with Crippen molar-refractivity contribution in [2.75, 3.05) is 13.1 Å². The number of nitrogens with one attached hydrogen (secondary N) is 1. The lowest BCUT2D eigenvalue weighted by atomic mass is 10.1.